The second-order valence-corrected chi connectivity index (χ2v) is 5.32. The molecule has 9 heteroatoms. The number of nitrogen functional groups attached to an aromatic ring is 1. The molecule has 0 bridgehead atoms. The molecular formula is C15H13ClN6O2. The minimum Gasteiger partial charge on any atom is -0.443 e. The highest BCUT2D eigenvalue weighted by atomic mass is 35.5. The summed E-state index contributed by atoms with van der Waals surface area (Å²) >= 11 is 5.77. The van der Waals surface area contributed by atoms with Crippen molar-refractivity contribution in [1.29, 1.82) is 0 Å². The first kappa shape index (κ1) is 15.9. The van der Waals surface area contributed by atoms with Crippen molar-refractivity contribution in [3.8, 4) is 11.6 Å². The molecule has 3 rings (SSSR count). The van der Waals surface area contributed by atoms with Gasteiger partial charge in [-0.3, -0.25) is 9.78 Å². The van der Waals surface area contributed by atoms with E-state index in [0.29, 0.717) is 28.0 Å². The van der Waals surface area contributed by atoms with Crippen LogP contribution in [0, 0.1) is 6.92 Å². The van der Waals surface area contributed by atoms with Crippen LogP contribution < -0.4 is 11.1 Å². The fraction of sp³-hybridized carbons (Fsp3) is 0.133. The molecule has 8 nitrogen and oxygen atoms in total. The second kappa shape index (κ2) is 6.63. The fourth-order valence-electron chi connectivity index (χ4n) is 2.01. The number of aryl methyl sites for hydroxylation is 1. The number of rotatable bonds is 4. The van der Waals surface area contributed by atoms with E-state index in [9.17, 15) is 4.79 Å². The number of nitrogens with one attached hydrogen (secondary N) is 1. The maximum absolute atomic E-state index is 12.3. The SMILES string of the molecule is Cc1nc(C(=O)NCc2ccc(Cl)cn2)c(N)nc1-c1ncco1. The first-order valence-electron chi connectivity index (χ1n) is 6.97. The van der Waals surface area contributed by atoms with Gasteiger partial charge in [0.25, 0.3) is 5.91 Å². The molecule has 0 spiro atoms. The Hall–Kier alpha value is -3.00. The van der Waals surface area contributed by atoms with Gasteiger partial charge in [-0.15, -0.1) is 0 Å². The molecule has 0 radical (unpaired) electrons. The third-order valence-electron chi connectivity index (χ3n) is 3.17. The number of anilines is 1. The highest BCUT2D eigenvalue weighted by Crippen LogP contribution is 2.20. The van der Waals surface area contributed by atoms with E-state index in [0.717, 1.165) is 0 Å². The first-order chi connectivity index (χ1) is 11.5. The fourth-order valence-corrected chi connectivity index (χ4v) is 2.12. The van der Waals surface area contributed by atoms with Gasteiger partial charge in [-0.2, -0.15) is 0 Å². The molecule has 122 valence electrons. The van der Waals surface area contributed by atoms with Crippen molar-refractivity contribution in [1.82, 2.24) is 25.3 Å². The van der Waals surface area contributed by atoms with Crippen LogP contribution in [-0.4, -0.2) is 25.8 Å². The van der Waals surface area contributed by atoms with E-state index in [4.69, 9.17) is 21.8 Å². The Morgan fingerprint density at radius 1 is 1.33 bits per heavy atom. The highest BCUT2D eigenvalue weighted by molar-refractivity contribution is 6.30. The normalized spacial score (nSPS) is 10.6. The number of nitrogens with zero attached hydrogens (tertiary/aromatic N) is 4. The Morgan fingerprint density at radius 3 is 2.83 bits per heavy atom. The number of pyridine rings is 1. The maximum Gasteiger partial charge on any atom is 0.274 e. The third kappa shape index (κ3) is 3.33. The molecule has 3 aromatic rings. The monoisotopic (exact) mass is 344 g/mol. The van der Waals surface area contributed by atoms with Gasteiger partial charge in [0, 0.05) is 6.20 Å². The lowest BCUT2D eigenvalue weighted by Gasteiger charge is -2.09. The molecule has 0 fully saturated rings. The van der Waals surface area contributed by atoms with Gasteiger partial charge in [-0.25, -0.2) is 15.0 Å². The second-order valence-electron chi connectivity index (χ2n) is 4.88. The highest BCUT2D eigenvalue weighted by Gasteiger charge is 2.18. The van der Waals surface area contributed by atoms with Crippen molar-refractivity contribution in [3.63, 3.8) is 0 Å². The van der Waals surface area contributed by atoms with Gasteiger partial charge in [0.1, 0.15) is 12.0 Å². The quantitative estimate of drug-likeness (QED) is 0.742. The smallest absolute Gasteiger partial charge is 0.274 e. The zero-order valence-electron chi connectivity index (χ0n) is 12.7. The van der Waals surface area contributed by atoms with Crippen molar-refractivity contribution in [2.45, 2.75) is 13.5 Å². The zero-order valence-corrected chi connectivity index (χ0v) is 13.4. The van der Waals surface area contributed by atoms with Crippen LogP contribution in [0.15, 0.2) is 35.2 Å². The van der Waals surface area contributed by atoms with E-state index in [1.165, 1.54) is 18.7 Å². The number of hydrogen-bond donors (Lipinski definition) is 2. The molecule has 3 heterocycles. The third-order valence-corrected chi connectivity index (χ3v) is 3.39. The van der Waals surface area contributed by atoms with E-state index in [1.807, 2.05) is 0 Å². The van der Waals surface area contributed by atoms with Crippen LogP contribution >= 0.6 is 11.6 Å². The number of nitrogens with two attached hydrogens (primary N) is 1. The Balaban J connectivity index is 1.77. The Kier molecular flexibility index (Phi) is 4.39. The van der Waals surface area contributed by atoms with E-state index in [1.54, 1.807) is 19.1 Å². The van der Waals surface area contributed by atoms with E-state index < -0.39 is 5.91 Å². The lowest BCUT2D eigenvalue weighted by molar-refractivity contribution is 0.0946. The van der Waals surface area contributed by atoms with E-state index in [-0.39, 0.29) is 18.1 Å². The van der Waals surface area contributed by atoms with Crippen LogP contribution in [0.1, 0.15) is 21.9 Å². The van der Waals surface area contributed by atoms with Crippen LogP contribution in [0.3, 0.4) is 0 Å². The molecular weight excluding hydrogens is 332 g/mol. The molecule has 0 saturated heterocycles. The summed E-state index contributed by atoms with van der Waals surface area (Å²) in [4.78, 5) is 28.7. The van der Waals surface area contributed by atoms with Crippen LogP contribution in [0.25, 0.3) is 11.6 Å². The predicted octanol–water partition coefficient (Wildman–Crippen LogP) is 2.00. The number of hydrogen-bond acceptors (Lipinski definition) is 7. The van der Waals surface area contributed by atoms with Crippen molar-refractivity contribution < 1.29 is 9.21 Å². The summed E-state index contributed by atoms with van der Waals surface area (Å²) in [6.07, 6.45) is 4.42. The summed E-state index contributed by atoms with van der Waals surface area (Å²) in [5.74, 6) is -0.154. The standard InChI is InChI=1S/C15H13ClN6O2/c1-8-11(15-18-4-5-24-15)22-13(17)12(21-8)14(23)20-7-10-3-2-9(16)6-19-10/h2-6H,7H2,1H3,(H2,17,22)(H,20,23). The largest absolute Gasteiger partial charge is 0.443 e. The molecule has 0 saturated carbocycles. The van der Waals surface area contributed by atoms with Crippen LogP contribution in [0.5, 0.6) is 0 Å². The number of amides is 1. The van der Waals surface area contributed by atoms with Gasteiger partial charge >= 0.3 is 0 Å². The molecule has 3 N–H and O–H groups in total. The Labute approximate surface area is 142 Å². The minimum atomic E-state index is -0.446. The van der Waals surface area contributed by atoms with Gasteiger partial charge in [-0.1, -0.05) is 11.6 Å². The molecule has 0 atom stereocenters. The Bertz CT molecular complexity index is 864. The molecule has 24 heavy (non-hydrogen) atoms. The average Bonchev–Trinajstić information content (AvgIpc) is 3.10. The van der Waals surface area contributed by atoms with Gasteiger partial charge in [0.2, 0.25) is 5.89 Å². The number of aromatic nitrogens is 4. The van der Waals surface area contributed by atoms with Crippen LogP contribution in [0.4, 0.5) is 5.82 Å². The first-order valence-corrected chi connectivity index (χ1v) is 7.35. The number of carbonyl (C=O) groups is 1. The summed E-state index contributed by atoms with van der Waals surface area (Å²) in [6, 6.07) is 3.41. The van der Waals surface area contributed by atoms with Crippen LogP contribution in [-0.2, 0) is 6.54 Å². The molecule has 0 aliphatic heterocycles. The molecule has 0 aliphatic carbocycles. The molecule has 3 aromatic heterocycles. The number of oxazole rings is 1. The number of carbonyl (C=O) groups excluding carboxylic acids is 1. The zero-order chi connectivity index (χ0) is 17.1. The molecule has 0 unspecified atom stereocenters. The Morgan fingerprint density at radius 2 is 2.17 bits per heavy atom. The summed E-state index contributed by atoms with van der Waals surface area (Å²) in [6.45, 7) is 1.92. The van der Waals surface area contributed by atoms with Gasteiger partial charge in [-0.05, 0) is 19.1 Å². The lowest BCUT2D eigenvalue weighted by Crippen LogP contribution is -2.26. The van der Waals surface area contributed by atoms with E-state index in [2.05, 4.69) is 25.3 Å². The maximum atomic E-state index is 12.3. The van der Waals surface area contributed by atoms with Crippen molar-refractivity contribution in [2.24, 2.45) is 0 Å². The topological polar surface area (TPSA) is 120 Å². The predicted molar refractivity (Wildman–Crippen MR) is 87.1 cm³/mol. The van der Waals surface area contributed by atoms with Gasteiger partial charge in [0.15, 0.2) is 11.5 Å². The molecule has 0 aliphatic rings. The van der Waals surface area contributed by atoms with Crippen molar-refractivity contribution in [3.05, 3.63) is 52.9 Å². The summed E-state index contributed by atoms with van der Waals surface area (Å²) < 4.78 is 5.18. The molecule has 1 amide bonds. The summed E-state index contributed by atoms with van der Waals surface area (Å²) in [5.41, 5.74) is 7.43. The number of halogens is 1. The molecule has 0 aromatic carbocycles. The summed E-state index contributed by atoms with van der Waals surface area (Å²) in [5, 5.41) is 3.22. The summed E-state index contributed by atoms with van der Waals surface area (Å²) in [7, 11) is 0. The minimum absolute atomic E-state index is 0.00429. The van der Waals surface area contributed by atoms with Gasteiger partial charge < -0.3 is 15.5 Å². The van der Waals surface area contributed by atoms with Gasteiger partial charge in [0.05, 0.1) is 29.2 Å². The van der Waals surface area contributed by atoms with Crippen molar-refractivity contribution in [2.75, 3.05) is 5.73 Å². The van der Waals surface area contributed by atoms with E-state index >= 15 is 0 Å². The average molecular weight is 345 g/mol. The van der Waals surface area contributed by atoms with Crippen molar-refractivity contribution >= 4 is 23.3 Å². The van der Waals surface area contributed by atoms with Crippen LogP contribution in [0.2, 0.25) is 5.02 Å². The lowest BCUT2D eigenvalue weighted by atomic mass is 10.2.